The molecule has 0 bridgehead atoms. The maximum atomic E-state index is 13.6. The quantitative estimate of drug-likeness (QED) is 0.327. The van der Waals surface area contributed by atoms with Crippen LogP contribution in [0.2, 0.25) is 0 Å². The number of hydrogen-bond acceptors (Lipinski definition) is 3. The maximum absolute atomic E-state index is 13.6. The molecule has 0 spiro atoms. The number of hydrogen-bond donors (Lipinski definition) is 1. The van der Waals surface area contributed by atoms with Crippen molar-refractivity contribution in [2.24, 2.45) is 5.92 Å². The molecule has 3 aromatic carbocycles. The van der Waals surface area contributed by atoms with E-state index in [0.29, 0.717) is 17.1 Å². The number of carbonyl (C=O) groups is 1. The lowest BCUT2D eigenvalue weighted by Crippen LogP contribution is -2.21. The monoisotopic (exact) mass is 476 g/mol. The van der Waals surface area contributed by atoms with Crippen LogP contribution in [0.15, 0.2) is 91.1 Å². The van der Waals surface area contributed by atoms with E-state index < -0.39 is 23.6 Å². The number of benzene rings is 3. The van der Waals surface area contributed by atoms with Gasteiger partial charge in [0.15, 0.2) is 0 Å². The predicted octanol–water partition coefficient (Wildman–Crippen LogP) is 6.24. The molecular weight excluding hydrogens is 453 g/mol. The average molecular weight is 476 g/mol. The van der Waals surface area contributed by atoms with Crippen molar-refractivity contribution in [3.8, 4) is 11.3 Å². The van der Waals surface area contributed by atoms with Crippen molar-refractivity contribution in [3.05, 3.63) is 119 Å². The summed E-state index contributed by atoms with van der Waals surface area (Å²) < 4.78 is 40.9. The van der Waals surface area contributed by atoms with Gasteiger partial charge >= 0.3 is 12.1 Å². The molecule has 0 aliphatic heterocycles. The van der Waals surface area contributed by atoms with Gasteiger partial charge < -0.3 is 5.11 Å². The Labute approximate surface area is 201 Å². The van der Waals surface area contributed by atoms with Gasteiger partial charge in [-0.1, -0.05) is 78.9 Å². The van der Waals surface area contributed by atoms with Gasteiger partial charge in [0.25, 0.3) is 0 Å². The first kappa shape index (κ1) is 24.1. The van der Waals surface area contributed by atoms with Gasteiger partial charge in [-0.05, 0) is 23.6 Å². The molecule has 0 saturated heterocycles. The van der Waals surface area contributed by atoms with Crippen molar-refractivity contribution in [2.75, 3.05) is 0 Å². The lowest BCUT2D eigenvalue weighted by atomic mass is 9.92. The molecule has 1 unspecified atom stereocenters. The van der Waals surface area contributed by atoms with Gasteiger partial charge in [0.2, 0.25) is 0 Å². The number of halogens is 3. The molecule has 0 aliphatic carbocycles. The Balaban J connectivity index is 1.73. The fourth-order valence-corrected chi connectivity index (χ4v) is 4.02. The van der Waals surface area contributed by atoms with Gasteiger partial charge in [-0.25, -0.2) is 4.98 Å². The van der Waals surface area contributed by atoms with Crippen LogP contribution < -0.4 is 0 Å². The zero-order valence-electron chi connectivity index (χ0n) is 18.7. The highest BCUT2D eigenvalue weighted by Gasteiger charge is 2.33. The molecule has 0 amide bonds. The van der Waals surface area contributed by atoms with Gasteiger partial charge in [0.05, 0.1) is 34.8 Å². The summed E-state index contributed by atoms with van der Waals surface area (Å²) in [5.41, 5.74) is 2.19. The number of alkyl halides is 3. The Hall–Kier alpha value is -4.00. The molecule has 1 atom stereocenters. The molecule has 1 aromatic heterocycles. The van der Waals surface area contributed by atoms with E-state index in [1.54, 1.807) is 12.3 Å². The highest BCUT2D eigenvalue weighted by molar-refractivity contribution is 5.71. The van der Waals surface area contributed by atoms with Crippen molar-refractivity contribution in [1.29, 1.82) is 0 Å². The van der Waals surface area contributed by atoms with Gasteiger partial charge in [0, 0.05) is 18.4 Å². The number of nitrogens with zero attached hydrogens (tertiary/aromatic N) is 2. The topological polar surface area (TPSA) is 63.1 Å². The van der Waals surface area contributed by atoms with Crippen molar-refractivity contribution in [2.45, 2.75) is 25.4 Å². The summed E-state index contributed by atoms with van der Waals surface area (Å²) >= 11 is 0. The fourth-order valence-electron chi connectivity index (χ4n) is 4.02. The predicted molar refractivity (Wildman–Crippen MR) is 127 cm³/mol. The van der Waals surface area contributed by atoms with Crippen LogP contribution in [-0.4, -0.2) is 21.0 Å². The van der Waals surface area contributed by atoms with Gasteiger partial charge in [-0.15, -0.1) is 0 Å². The van der Waals surface area contributed by atoms with E-state index in [1.165, 1.54) is 12.1 Å². The summed E-state index contributed by atoms with van der Waals surface area (Å²) in [5, 5.41) is 9.86. The van der Waals surface area contributed by atoms with E-state index in [-0.39, 0.29) is 24.8 Å². The van der Waals surface area contributed by atoms with Gasteiger partial charge in [-0.3, -0.25) is 9.78 Å². The minimum absolute atomic E-state index is 0.0514. The molecule has 4 rings (SSSR count). The van der Waals surface area contributed by atoms with Gasteiger partial charge in [-0.2, -0.15) is 13.2 Å². The number of carboxylic acid groups (broad SMARTS) is 1. The summed E-state index contributed by atoms with van der Waals surface area (Å²) in [6.07, 6.45) is -2.76. The van der Waals surface area contributed by atoms with E-state index in [9.17, 15) is 23.1 Å². The molecule has 178 valence electrons. The molecule has 35 heavy (non-hydrogen) atoms. The summed E-state index contributed by atoms with van der Waals surface area (Å²) in [4.78, 5) is 21.2. The normalized spacial score (nSPS) is 12.3. The Bertz CT molecular complexity index is 1290. The van der Waals surface area contributed by atoms with Crippen molar-refractivity contribution in [3.63, 3.8) is 0 Å². The Morgan fingerprint density at radius 3 is 2.11 bits per heavy atom. The molecule has 1 N–H and O–H groups in total. The van der Waals surface area contributed by atoms with Crippen LogP contribution in [0.5, 0.6) is 0 Å². The second-order valence-electron chi connectivity index (χ2n) is 8.28. The smallest absolute Gasteiger partial charge is 0.416 e. The molecule has 0 saturated carbocycles. The average Bonchev–Trinajstić information content (AvgIpc) is 2.85. The number of aliphatic carboxylic acids is 1. The number of rotatable bonds is 8. The van der Waals surface area contributed by atoms with E-state index in [0.717, 1.165) is 17.2 Å². The fraction of sp³-hybridized carbons (Fsp3) is 0.179. The Morgan fingerprint density at radius 2 is 1.46 bits per heavy atom. The van der Waals surface area contributed by atoms with Crippen molar-refractivity contribution in [1.82, 2.24) is 9.97 Å². The highest BCUT2D eigenvalue weighted by Crippen LogP contribution is 2.33. The first-order valence-corrected chi connectivity index (χ1v) is 11.1. The van der Waals surface area contributed by atoms with Crippen LogP contribution in [0.4, 0.5) is 13.2 Å². The molecule has 7 heteroatoms. The molecule has 4 aromatic rings. The van der Waals surface area contributed by atoms with Gasteiger partial charge in [0.1, 0.15) is 0 Å². The third-order valence-electron chi connectivity index (χ3n) is 5.80. The first-order chi connectivity index (χ1) is 16.8. The SMILES string of the molecule is O=C(O)C(Cc1ccccc1)Cc1ncc(-c2ccccc2)nc1Cc1ccccc1C(F)(F)F. The Morgan fingerprint density at radius 1 is 0.829 bits per heavy atom. The summed E-state index contributed by atoms with van der Waals surface area (Å²) in [5.74, 6) is -1.80. The Kier molecular flexibility index (Phi) is 7.25. The van der Waals surface area contributed by atoms with Crippen molar-refractivity contribution >= 4 is 5.97 Å². The third kappa shape index (κ3) is 6.12. The molecule has 4 nitrogen and oxygen atoms in total. The maximum Gasteiger partial charge on any atom is 0.416 e. The largest absolute Gasteiger partial charge is 0.481 e. The van der Waals surface area contributed by atoms with E-state index in [2.05, 4.69) is 9.97 Å². The molecule has 0 fully saturated rings. The van der Waals surface area contributed by atoms with Crippen molar-refractivity contribution < 1.29 is 23.1 Å². The van der Waals surface area contributed by atoms with Crippen LogP contribution >= 0.6 is 0 Å². The summed E-state index contributed by atoms with van der Waals surface area (Å²) in [7, 11) is 0. The molecule has 0 radical (unpaired) electrons. The number of aromatic nitrogens is 2. The van der Waals surface area contributed by atoms with E-state index >= 15 is 0 Å². The van der Waals surface area contributed by atoms with Crippen LogP contribution in [0.25, 0.3) is 11.3 Å². The minimum Gasteiger partial charge on any atom is -0.481 e. The van der Waals surface area contributed by atoms with E-state index in [1.807, 2.05) is 60.7 Å². The third-order valence-corrected chi connectivity index (χ3v) is 5.80. The molecule has 1 heterocycles. The zero-order valence-corrected chi connectivity index (χ0v) is 18.7. The second-order valence-corrected chi connectivity index (χ2v) is 8.28. The minimum atomic E-state index is -4.52. The standard InChI is InChI=1S/C28H23F3N2O2/c29-28(30,31)23-14-8-7-13-21(23)16-25-24(32-18-26(33-25)20-11-5-2-6-12-20)17-22(27(34)35)15-19-9-3-1-4-10-19/h1-14,18,22H,15-17H2,(H,34,35). The van der Waals surface area contributed by atoms with Crippen LogP contribution in [-0.2, 0) is 30.2 Å². The lowest BCUT2D eigenvalue weighted by molar-refractivity contribution is -0.141. The van der Waals surface area contributed by atoms with Crippen LogP contribution in [0.3, 0.4) is 0 Å². The highest BCUT2D eigenvalue weighted by atomic mass is 19.4. The first-order valence-electron chi connectivity index (χ1n) is 11.1. The van der Waals surface area contributed by atoms with E-state index in [4.69, 9.17) is 0 Å². The zero-order chi connectivity index (χ0) is 24.8. The molecule has 0 aliphatic rings. The molecular formula is C28H23F3N2O2. The lowest BCUT2D eigenvalue weighted by Gasteiger charge is -2.17. The number of carboxylic acids is 1. The van der Waals surface area contributed by atoms with Crippen LogP contribution in [0.1, 0.15) is 28.1 Å². The summed E-state index contributed by atoms with van der Waals surface area (Å²) in [6.45, 7) is 0. The summed E-state index contributed by atoms with van der Waals surface area (Å²) in [6, 6.07) is 23.8. The second kappa shape index (κ2) is 10.5. The van der Waals surface area contributed by atoms with Crippen LogP contribution in [0, 0.1) is 5.92 Å².